The first-order valence-electron chi connectivity index (χ1n) is 7.57. The van der Waals surface area contributed by atoms with E-state index in [9.17, 15) is 14.4 Å². The minimum Gasteiger partial charge on any atom is -0.493 e. The summed E-state index contributed by atoms with van der Waals surface area (Å²) in [5.74, 6) is -1.38. The molecule has 1 aromatic rings. The number of carboxylic acids is 1. The van der Waals surface area contributed by atoms with Gasteiger partial charge in [0.1, 0.15) is 11.8 Å². The highest BCUT2D eigenvalue weighted by atomic mass is 16.5. The third-order valence-corrected chi connectivity index (χ3v) is 3.69. The van der Waals surface area contributed by atoms with Crippen molar-refractivity contribution in [3.63, 3.8) is 0 Å². The number of rotatable bonds is 6. The average Bonchev–Trinajstić information content (AvgIpc) is 3.03. The van der Waals surface area contributed by atoms with Crippen LogP contribution >= 0.6 is 0 Å². The van der Waals surface area contributed by atoms with Gasteiger partial charge in [-0.05, 0) is 31.9 Å². The minimum absolute atomic E-state index is 0.233. The van der Waals surface area contributed by atoms with Crippen molar-refractivity contribution in [2.45, 2.75) is 25.8 Å². The molecule has 0 aliphatic carbocycles. The molecule has 1 heterocycles. The van der Waals surface area contributed by atoms with Crippen molar-refractivity contribution in [2.24, 2.45) is 0 Å². The Bertz CT molecular complexity index is 602. The molecule has 7 heteroatoms. The lowest BCUT2D eigenvalue weighted by molar-refractivity contribution is -0.147. The van der Waals surface area contributed by atoms with Crippen LogP contribution in [0.3, 0.4) is 0 Å². The van der Waals surface area contributed by atoms with Crippen LogP contribution in [-0.4, -0.2) is 53.5 Å². The van der Waals surface area contributed by atoms with Crippen molar-refractivity contribution in [1.82, 2.24) is 10.2 Å². The van der Waals surface area contributed by atoms with Crippen LogP contribution in [0.15, 0.2) is 24.3 Å². The third-order valence-electron chi connectivity index (χ3n) is 3.69. The molecule has 1 atom stereocenters. The molecule has 2 N–H and O–H groups in total. The van der Waals surface area contributed by atoms with Crippen LogP contribution in [-0.2, 0) is 9.59 Å². The molecule has 1 aliphatic rings. The van der Waals surface area contributed by atoms with Gasteiger partial charge >= 0.3 is 5.97 Å². The topological polar surface area (TPSA) is 95.9 Å². The fraction of sp³-hybridized carbons (Fsp3) is 0.438. The predicted molar refractivity (Wildman–Crippen MR) is 82.3 cm³/mol. The van der Waals surface area contributed by atoms with Gasteiger partial charge in [-0.25, -0.2) is 4.79 Å². The summed E-state index contributed by atoms with van der Waals surface area (Å²) < 4.78 is 5.38. The number of benzene rings is 1. The van der Waals surface area contributed by atoms with Crippen molar-refractivity contribution >= 4 is 17.8 Å². The number of carbonyl (C=O) groups is 3. The van der Waals surface area contributed by atoms with Gasteiger partial charge in [0.15, 0.2) is 0 Å². The van der Waals surface area contributed by atoms with E-state index in [1.165, 1.54) is 4.90 Å². The van der Waals surface area contributed by atoms with Crippen molar-refractivity contribution in [3.05, 3.63) is 29.8 Å². The lowest BCUT2D eigenvalue weighted by Gasteiger charge is -2.21. The van der Waals surface area contributed by atoms with Gasteiger partial charge in [0.25, 0.3) is 5.91 Å². The van der Waals surface area contributed by atoms with E-state index in [2.05, 4.69) is 5.32 Å². The minimum atomic E-state index is -1.01. The van der Waals surface area contributed by atoms with Gasteiger partial charge in [0, 0.05) is 6.54 Å². The van der Waals surface area contributed by atoms with Crippen molar-refractivity contribution in [2.75, 3.05) is 19.7 Å². The van der Waals surface area contributed by atoms with E-state index in [-0.39, 0.29) is 6.54 Å². The number of hydrogen-bond donors (Lipinski definition) is 2. The quantitative estimate of drug-likeness (QED) is 0.811. The molecule has 0 saturated carbocycles. The molecule has 124 valence electrons. The molecular weight excluding hydrogens is 300 g/mol. The first kappa shape index (κ1) is 16.8. The summed E-state index contributed by atoms with van der Waals surface area (Å²) in [5.41, 5.74) is 0.346. The number of hydrogen-bond acceptors (Lipinski definition) is 4. The molecule has 0 unspecified atom stereocenters. The molecule has 1 saturated heterocycles. The van der Waals surface area contributed by atoms with Crippen molar-refractivity contribution in [1.29, 1.82) is 0 Å². The maximum absolute atomic E-state index is 12.2. The number of para-hydroxylation sites is 1. The number of nitrogens with zero attached hydrogens (tertiary/aromatic N) is 1. The molecule has 0 aromatic heterocycles. The first-order chi connectivity index (χ1) is 11.0. The van der Waals surface area contributed by atoms with Gasteiger partial charge in [-0.1, -0.05) is 12.1 Å². The predicted octanol–water partition coefficient (Wildman–Crippen LogP) is 0.891. The zero-order valence-corrected chi connectivity index (χ0v) is 12.9. The number of carboxylic acid groups (broad SMARTS) is 1. The fourth-order valence-electron chi connectivity index (χ4n) is 2.61. The van der Waals surface area contributed by atoms with Crippen molar-refractivity contribution in [3.8, 4) is 5.75 Å². The number of aliphatic carboxylic acids is 1. The summed E-state index contributed by atoms with van der Waals surface area (Å²) in [6.45, 7) is 2.42. The normalized spacial score (nSPS) is 16.9. The molecular formula is C16H20N2O5. The van der Waals surface area contributed by atoms with Gasteiger partial charge in [0.2, 0.25) is 5.91 Å². The van der Waals surface area contributed by atoms with E-state index in [1.54, 1.807) is 24.3 Å². The molecule has 1 aromatic carbocycles. The molecule has 7 nitrogen and oxygen atoms in total. The summed E-state index contributed by atoms with van der Waals surface area (Å²) in [4.78, 5) is 36.7. The zero-order chi connectivity index (χ0) is 16.8. The number of likely N-dealkylation sites (tertiary alicyclic amines) is 1. The second-order valence-electron chi connectivity index (χ2n) is 5.20. The smallest absolute Gasteiger partial charge is 0.326 e. The zero-order valence-electron chi connectivity index (χ0n) is 12.9. The highest BCUT2D eigenvalue weighted by molar-refractivity contribution is 5.99. The Hall–Kier alpha value is -2.57. The van der Waals surface area contributed by atoms with E-state index in [1.807, 2.05) is 6.92 Å². The molecule has 2 amide bonds. The fourth-order valence-corrected chi connectivity index (χ4v) is 2.61. The molecule has 23 heavy (non-hydrogen) atoms. The monoisotopic (exact) mass is 320 g/mol. The maximum Gasteiger partial charge on any atom is 0.326 e. The van der Waals surface area contributed by atoms with Crippen molar-refractivity contribution < 1.29 is 24.2 Å². The summed E-state index contributed by atoms with van der Waals surface area (Å²) in [7, 11) is 0. The average molecular weight is 320 g/mol. The Labute approximate surface area is 134 Å². The highest BCUT2D eigenvalue weighted by Gasteiger charge is 2.33. The van der Waals surface area contributed by atoms with Gasteiger partial charge in [-0.2, -0.15) is 0 Å². The van der Waals surface area contributed by atoms with E-state index in [4.69, 9.17) is 9.84 Å². The summed E-state index contributed by atoms with van der Waals surface area (Å²) in [5, 5.41) is 11.6. The summed E-state index contributed by atoms with van der Waals surface area (Å²) in [6.07, 6.45) is 1.10. The Morgan fingerprint density at radius 2 is 2.09 bits per heavy atom. The lowest BCUT2D eigenvalue weighted by atomic mass is 10.2. The standard InChI is InChI=1S/C16H20N2O5/c1-2-23-13-8-4-3-6-11(13)15(20)17-10-14(19)18-9-5-7-12(18)16(21)22/h3-4,6,8,12H,2,5,7,9-10H2,1H3,(H,17,20)(H,21,22)/t12-/m0/s1. The molecule has 1 fully saturated rings. The Morgan fingerprint density at radius 3 is 2.78 bits per heavy atom. The second kappa shape index (κ2) is 7.62. The Balaban J connectivity index is 1.96. The Morgan fingerprint density at radius 1 is 1.35 bits per heavy atom. The molecule has 2 rings (SSSR count). The highest BCUT2D eigenvalue weighted by Crippen LogP contribution is 2.19. The van der Waals surface area contributed by atoms with Crippen LogP contribution in [0.1, 0.15) is 30.1 Å². The molecule has 0 radical (unpaired) electrons. The summed E-state index contributed by atoms with van der Waals surface area (Å²) in [6, 6.07) is 5.96. The van der Waals surface area contributed by atoms with E-state index in [0.717, 1.165) is 0 Å². The number of nitrogens with one attached hydrogen (secondary N) is 1. The van der Waals surface area contributed by atoms with Crippen LogP contribution in [0.25, 0.3) is 0 Å². The Kier molecular flexibility index (Phi) is 5.56. The molecule has 1 aliphatic heterocycles. The van der Waals surface area contributed by atoms with E-state index in [0.29, 0.717) is 37.3 Å². The number of ether oxygens (including phenoxy) is 1. The molecule has 0 spiro atoms. The van der Waals surface area contributed by atoms with Gasteiger partial charge < -0.3 is 20.1 Å². The third kappa shape index (κ3) is 4.00. The van der Waals surface area contributed by atoms with Crippen LogP contribution in [0.4, 0.5) is 0 Å². The number of amides is 2. The first-order valence-corrected chi connectivity index (χ1v) is 7.57. The maximum atomic E-state index is 12.2. The van der Waals surface area contributed by atoms with Gasteiger partial charge in [0.05, 0.1) is 18.7 Å². The second-order valence-corrected chi connectivity index (χ2v) is 5.20. The van der Waals surface area contributed by atoms with Crippen LogP contribution in [0, 0.1) is 0 Å². The largest absolute Gasteiger partial charge is 0.493 e. The van der Waals surface area contributed by atoms with Crippen LogP contribution < -0.4 is 10.1 Å². The number of carbonyl (C=O) groups excluding carboxylic acids is 2. The van der Waals surface area contributed by atoms with E-state index >= 15 is 0 Å². The van der Waals surface area contributed by atoms with Crippen LogP contribution in [0.5, 0.6) is 5.75 Å². The summed E-state index contributed by atoms with van der Waals surface area (Å²) >= 11 is 0. The van der Waals surface area contributed by atoms with Crippen LogP contribution in [0.2, 0.25) is 0 Å². The van der Waals surface area contributed by atoms with Gasteiger partial charge in [-0.15, -0.1) is 0 Å². The SMILES string of the molecule is CCOc1ccccc1C(=O)NCC(=O)N1CCC[C@H]1C(=O)O. The molecule has 0 bridgehead atoms. The lowest BCUT2D eigenvalue weighted by Crippen LogP contribution is -2.45. The van der Waals surface area contributed by atoms with Gasteiger partial charge in [-0.3, -0.25) is 9.59 Å². The van der Waals surface area contributed by atoms with E-state index < -0.39 is 23.8 Å².